The maximum Gasteiger partial charge on any atom is 0.309 e. The molecule has 3 atom stereocenters. The lowest BCUT2D eigenvalue weighted by Gasteiger charge is -2.43. The van der Waals surface area contributed by atoms with Gasteiger partial charge in [0, 0.05) is 5.75 Å². The SMILES string of the molecule is CC(C)(C(=O)O)C(C)(C)C(CC(CC(CSc1nc2ccccc2o1)C(=O)O)C(=O)O)C(=O)O. The summed E-state index contributed by atoms with van der Waals surface area (Å²) in [5.41, 5.74) is -1.67. The van der Waals surface area contributed by atoms with Crippen molar-refractivity contribution in [2.24, 2.45) is 28.6 Å². The first kappa shape index (κ1) is 27.2. The van der Waals surface area contributed by atoms with Crippen LogP contribution in [0.1, 0.15) is 40.5 Å². The Balaban J connectivity index is 2.21. The fourth-order valence-corrected chi connectivity index (χ4v) is 4.60. The van der Waals surface area contributed by atoms with E-state index < -0.39 is 58.9 Å². The molecular formula is C23H29NO9S. The normalized spacial score (nSPS) is 14.9. The average Bonchev–Trinajstić information content (AvgIpc) is 3.14. The van der Waals surface area contributed by atoms with Crippen LogP contribution < -0.4 is 0 Å². The Kier molecular flexibility index (Phi) is 8.35. The molecule has 2 aromatic rings. The topological polar surface area (TPSA) is 175 Å². The molecule has 1 aromatic heterocycles. The number of carbonyl (C=O) groups is 4. The number of thioether (sulfide) groups is 1. The summed E-state index contributed by atoms with van der Waals surface area (Å²) in [5.74, 6) is -8.92. The molecule has 0 radical (unpaired) electrons. The summed E-state index contributed by atoms with van der Waals surface area (Å²) < 4.78 is 5.56. The zero-order valence-corrected chi connectivity index (χ0v) is 20.2. The number of carboxylic acids is 4. The van der Waals surface area contributed by atoms with E-state index in [1.165, 1.54) is 27.7 Å². The highest BCUT2D eigenvalue weighted by molar-refractivity contribution is 7.99. The largest absolute Gasteiger partial charge is 0.481 e. The summed E-state index contributed by atoms with van der Waals surface area (Å²) in [4.78, 5) is 51.9. The first-order valence-corrected chi connectivity index (χ1v) is 11.6. The maximum absolute atomic E-state index is 12.1. The third-order valence-corrected chi connectivity index (χ3v) is 7.78. The van der Waals surface area contributed by atoms with Gasteiger partial charge in [0.2, 0.25) is 0 Å². The highest BCUT2D eigenvalue weighted by Crippen LogP contribution is 2.47. The van der Waals surface area contributed by atoms with Gasteiger partial charge in [-0.25, -0.2) is 4.98 Å². The van der Waals surface area contributed by atoms with Gasteiger partial charge in [0.15, 0.2) is 5.58 Å². The summed E-state index contributed by atoms with van der Waals surface area (Å²) in [6, 6.07) is 7.01. The van der Waals surface area contributed by atoms with Gasteiger partial charge in [-0.3, -0.25) is 19.2 Å². The lowest BCUT2D eigenvalue weighted by molar-refractivity contribution is -0.164. The van der Waals surface area contributed by atoms with Crippen molar-refractivity contribution in [3.63, 3.8) is 0 Å². The number of hydrogen-bond donors (Lipinski definition) is 4. The lowest BCUT2D eigenvalue weighted by Crippen LogP contribution is -2.48. The van der Waals surface area contributed by atoms with E-state index in [1.54, 1.807) is 24.3 Å². The number of hydrogen-bond acceptors (Lipinski definition) is 7. The number of nitrogens with zero attached hydrogens (tertiary/aromatic N) is 1. The number of aromatic nitrogens is 1. The van der Waals surface area contributed by atoms with Crippen molar-refractivity contribution < 1.29 is 44.0 Å². The van der Waals surface area contributed by atoms with Crippen molar-refractivity contribution in [1.29, 1.82) is 0 Å². The summed E-state index contributed by atoms with van der Waals surface area (Å²) in [7, 11) is 0. The van der Waals surface area contributed by atoms with E-state index in [2.05, 4.69) is 4.98 Å². The molecule has 10 nitrogen and oxygen atoms in total. The van der Waals surface area contributed by atoms with Gasteiger partial charge in [0.05, 0.1) is 23.2 Å². The molecule has 0 aliphatic rings. The average molecular weight is 496 g/mol. The van der Waals surface area contributed by atoms with Crippen molar-refractivity contribution in [3.05, 3.63) is 24.3 Å². The van der Waals surface area contributed by atoms with E-state index in [4.69, 9.17) is 4.42 Å². The van der Waals surface area contributed by atoms with Crippen LogP contribution in [-0.4, -0.2) is 55.0 Å². The van der Waals surface area contributed by atoms with E-state index in [0.29, 0.717) is 11.1 Å². The number of benzene rings is 1. The van der Waals surface area contributed by atoms with Crippen molar-refractivity contribution in [3.8, 4) is 0 Å². The van der Waals surface area contributed by atoms with Crippen LogP contribution in [0.25, 0.3) is 11.1 Å². The molecule has 2 rings (SSSR count). The van der Waals surface area contributed by atoms with Gasteiger partial charge in [0.25, 0.3) is 5.22 Å². The zero-order chi connectivity index (χ0) is 25.8. The molecule has 1 aromatic carbocycles. The van der Waals surface area contributed by atoms with Crippen molar-refractivity contribution in [1.82, 2.24) is 4.98 Å². The minimum atomic E-state index is -1.48. The van der Waals surface area contributed by atoms with Crippen molar-refractivity contribution in [2.45, 2.75) is 45.8 Å². The molecule has 0 amide bonds. The Morgan fingerprint density at radius 3 is 2.00 bits per heavy atom. The first-order chi connectivity index (χ1) is 15.7. The summed E-state index contributed by atoms with van der Waals surface area (Å²) in [5, 5.41) is 39.1. The first-order valence-electron chi connectivity index (χ1n) is 10.6. The summed E-state index contributed by atoms with van der Waals surface area (Å²) in [6.45, 7) is 5.71. The third-order valence-electron chi connectivity index (χ3n) is 6.78. The highest BCUT2D eigenvalue weighted by Gasteiger charge is 2.52. The maximum atomic E-state index is 12.1. The van der Waals surface area contributed by atoms with Crippen LogP contribution in [0, 0.1) is 28.6 Å². The molecule has 0 bridgehead atoms. The quantitative estimate of drug-likeness (QED) is 0.296. The number of fused-ring (bicyclic) bond motifs is 1. The van der Waals surface area contributed by atoms with Gasteiger partial charge in [-0.05, 0) is 44.2 Å². The molecule has 0 saturated heterocycles. The Morgan fingerprint density at radius 2 is 1.50 bits per heavy atom. The number of aliphatic carboxylic acids is 4. The van der Waals surface area contributed by atoms with Gasteiger partial charge in [-0.2, -0.15) is 0 Å². The van der Waals surface area contributed by atoms with E-state index in [1.807, 2.05) is 0 Å². The predicted molar refractivity (Wildman–Crippen MR) is 123 cm³/mol. The van der Waals surface area contributed by atoms with Crippen LogP contribution in [0.5, 0.6) is 0 Å². The smallest absolute Gasteiger partial charge is 0.309 e. The minimum Gasteiger partial charge on any atom is -0.481 e. The summed E-state index contributed by atoms with van der Waals surface area (Å²) >= 11 is 1.03. The van der Waals surface area contributed by atoms with Crippen LogP contribution in [0.3, 0.4) is 0 Å². The van der Waals surface area contributed by atoms with E-state index in [-0.39, 0.29) is 17.4 Å². The monoisotopic (exact) mass is 495 g/mol. The Morgan fingerprint density at radius 1 is 0.912 bits per heavy atom. The Bertz CT molecular complexity index is 1040. The second-order valence-electron chi connectivity index (χ2n) is 9.34. The minimum absolute atomic E-state index is 0.0340. The van der Waals surface area contributed by atoms with E-state index in [9.17, 15) is 39.6 Å². The molecule has 3 unspecified atom stereocenters. The van der Waals surface area contributed by atoms with Crippen LogP contribution in [0.2, 0.25) is 0 Å². The van der Waals surface area contributed by atoms with Crippen LogP contribution >= 0.6 is 11.8 Å². The molecular weight excluding hydrogens is 466 g/mol. The van der Waals surface area contributed by atoms with Crippen LogP contribution in [-0.2, 0) is 19.2 Å². The molecule has 0 aliphatic heterocycles. The predicted octanol–water partition coefficient (Wildman–Crippen LogP) is 3.94. The molecule has 0 fully saturated rings. The summed E-state index contributed by atoms with van der Waals surface area (Å²) in [6.07, 6.45) is -0.739. The second kappa shape index (κ2) is 10.5. The third kappa shape index (κ3) is 5.88. The van der Waals surface area contributed by atoms with E-state index >= 15 is 0 Å². The molecule has 186 valence electrons. The highest BCUT2D eigenvalue weighted by atomic mass is 32.2. The molecule has 1 heterocycles. The molecule has 4 N–H and O–H groups in total. The molecule has 0 saturated carbocycles. The Hall–Kier alpha value is -3.08. The second-order valence-corrected chi connectivity index (χ2v) is 10.3. The fourth-order valence-electron chi connectivity index (χ4n) is 3.67. The van der Waals surface area contributed by atoms with Gasteiger partial charge in [0.1, 0.15) is 5.52 Å². The number of para-hydroxylation sites is 2. The van der Waals surface area contributed by atoms with Gasteiger partial charge >= 0.3 is 23.9 Å². The van der Waals surface area contributed by atoms with Crippen LogP contribution in [0.15, 0.2) is 33.9 Å². The fraction of sp³-hybridized carbons (Fsp3) is 0.522. The van der Waals surface area contributed by atoms with Gasteiger partial charge in [-0.1, -0.05) is 37.7 Å². The molecule has 0 spiro atoms. The number of rotatable bonds is 13. The molecule has 0 aliphatic carbocycles. The number of carboxylic acid groups (broad SMARTS) is 4. The van der Waals surface area contributed by atoms with E-state index in [0.717, 1.165) is 11.8 Å². The number of oxazole rings is 1. The van der Waals surface area contributed by atoms with Gasteiger partial charge < -0.3 is 24.8 Å². The lowest BCUT2D eigenvalue weighted by atomic mass is 9.59. The van der Waals surface area contributed by atoms with Gasteiger partial charge in [-0.15, -0.1) is 0 Å². The molecule has 34 heavy (non-hydrogen) atoms. The zero-order valence-electron chi connectivity index (χ0n) is 19.3. The Labute approximate surface area is 200 Å². The van der Waals surface area contributed by atoms with Crippen LogP contribution in [0.4, 0.5) is 0 Å². The van der Waals surface area contributed by atoms with Crippen molar-refractivity contribution >= 4 is 46.7 Å². The standard InChI is InChI=1S/C23H29NO9S/c1-22(2,23(3,4)20(31)32)14(19(29)30)10-12(17(25)26)9-13(18(27)28)11-34-21-24-15-7-5-6-8-16(15)33-21/h5-8,12-14H,9-11H2,1-4H3,(H,25,26)(H,27,28)(H,29,30)(H,31,32). The van der Waals surface area contributed by atoms with Crippen molar-refractivity contribution in [2.75, 3.05) is 5.75 Å². The molecule has 11 heteroatoms.